The molecule has 0 atom stereocenters. The first-order valence-electron chi connectivity index (χ1n) is 7.47. The van der Waals surface area contributed by atoms with Crippen LogP contribution in [0.2, 0.25) is 0 Å². The third kappa shape index (κ3) is 3.19. The third-order valence-electron chi connectivity index (χ3n) is 4.44. The van der Waals surface area contributed by atoms with Gasteiger partial charge in [-0.2, -0.15) is 0 Å². The molecule has 2 saturated heterocycles. The Bertz CT molecular complexity index is 490. The topological polar surface area (TPSA) is 45.9 Å². The van der Waals surface area contributed by atoms with Crippen LogP contribution in [0.5, 0.6) is 0 Å². The van der Waals surface area contributed by atoms with Crippen molar-refractivity contribution in [3.05, 3.63) is 36.8 Å². The van der Waals surface area contributed by atoms with Gasteiger partial charge in [-0.1, -0.05) is 6.08 Å². The van der Waals surface area contributed by atoms with Crippen LogP contribution in [0.25, 0.3) is 0 Å². The second kappa shape index (κ2) is 6.03. The number of hydrogen-bond acceptors (Lipinski definition) is 4. The van der Waals surface area contributed by atoms with Crippen molar-refractivity contribution in [3.8, 4) is 0 Å². The van der Waals surface area contributed by atoms with Crippen LogP contribution in [-0.2, 0) is 16.1 Å². The van der Waals surface area contributed by atoms with Crippen molar-refractivity contribution in [2.75, 3.05) is 32.8 Å². The third-order valence-corrected chi connectivity index (χ3v) is 4.44. The average Bonchev–Trinajstić information content (AvgIpc) is 2.99. The minimum Gasteiger partial charge on any atom is -0.472 e. The number of piperidine rings is 1. The second-order valence-corrected chi connectivity index (χ2v) is 5.94. The molecule has 1 aromatic rings. The van der Waals surface area contributed by atoms with Crippen LogP contribution in [0.15, 0.2) is 35.7 Å². The molecule has 21 heavy (non-hydrogen) atoms. The zero-order valence-corrected chi connectivity index (χ0v) is 12.3. The van der Waals surface area contributed by atoms with E-state index in [-0.39, 0.29) is 18.1 Å². The minimum absolute atomic E-state index is 0.0707. The van der Waals surface area contributed by atoms with Gasteiger partial charge in [-0.15, -0.1) is 6.58 Å². The fourth-order valence-electron chi connectivity index (χ4n) is 3.17. The largest absolute Gasteiger partial charge is 0.472 e. The fourth-order valence-corrected chi connectivity index (χ4v) is 3.17. The molecule has 1 aromatic heterocycles. The standard InChI is InChI=1S/C16H22N2O3/c1-2-6-18-13-16(21-12-15(18)19)4-7-17(8-5-16)10-14-3-9-20-11-14/h2-3,9,11H,1,4-8,10,12-13H2. The number of carbonyl (C=O) groups is 1. The zero-order chi connectivity index (χ0) is 14.7. The Kier molecular flexibility index (Phi) is 4.12. The van der Waals surface area contributed by atoms with Gasteiger partial charge in [0.05, 0.1) is 24.7 Å². The van der Waals surface area contributed by atoms with Crippen LogP contribution in [0.4, 0.5) is 0 Å². The molecule has 0 aromatic carbocycles. The van der Waals surface area contributed by atoms with Crippen molar-refractivity contribution in [1.29, 1.82) is 0 Å². The smallest absolute Gasteiger partial charge is 0.248 e. The lowest BCUT2D eigenvalue weighted by molar-refractivity contribution is -0.170. The first-order valence-corrected chi connectivity index (χ1v) is 7.47. The molecular formula is C16H22N2O3. The highest BCUT2D eigenvalue weighted by atomic mass is 16.5. The molecule has 0 bridgehead atoms. The monoisotopic (exact) mass is 290 g/mol. The molecule has 0 radical (unpaired) electrons. The number of rotatable bonds is 4. The molecule has 3 rings (SSSR count). The van der Waals surface area contributed by atoms with Gasteiger partial charge in [-0.3, -0.25) is 9.69 Å². The lowest BCUT2D eigenvalue weighted by Gasteiger charge is -2.46. The molecule has 0 unspecified atom stereocenters. The van der Waals surface area contributed by atoms with Crippen molar-refractivity contribution in [1.82, 2.24) is 9.80 Å². The van der Waals surface area contributed by atoms with E-state index in [0.717, 1.165) is 32.5 Å². The molecule has 2 fully saturated rings. The Balaban J connectivity index is 1.56. The average molecular weight is 290 g/mol. The first-order chi connectivity index (χ1) is 10.2. The fraction of sp³-hybridized carbons (Fsp3) is 0.562. The second-order valence-electron chi connectivity index (χ2n) is 5.94. The Morgan fingerprint density at radius 1 is 1.38 bits per heavy atom. The Morgan fingerprint density at radius 3 is 2.86 bits per heavy atom. The maximum absolute atomic E-state index is 11.8. The van der Waals surface area contributed by atoms with Crippen LogP contribution in [0, 0.1) is 0 Å². The van der Waals surface area contributed by atoms with Gasteiger partial charge in [-0.05, 0) is 18.9 Å². The van der Waals surface area contributed by atoms with Gasteiger partial charge in [-0.25, -0.2) is 0 Å². The van der Waals surface area contributed by atoms with Crippen molar-refractivity contribution in [3.63, 3.8) is 0 Å². The molecule has 114 valence electrons. The molecule has 1 amide bonds. The summed E-state index contributed by atoms with van der Waals surface area (Å²) in [5.74, 6) is 0.0707. The number of hydrogen-bond donors (Lipinski definition) is 0. The summed E-state index contributed by atoms with van der Waals surface area (Å²) < 4.78 is 11.0. The van der Waals surface area contributed by atoms with E-state index in [0.29, 0.717) is 13.1 Å². The van der Waals surface area contributed by atoms with E-state index in [2.05, 4.69) is 11.5 Å². The summed E-state index contributed by atoms with van der Waals surface area (Å²) in [6, 6.07) is 2.01. The molecule has 2 aliphatic rings. The van der Waals surface area contributed by atoms with Crippen LogP contribution >= 0.6 is 0 Å². The maximum atomic E-state index is 11.8. The molecule has 1 spiro atoms. The number of amides is 1. The van der Waals surface area contributed by atoms with Crippen LogP contribution in [0.1, 0.15) is 18.4 Å². The van der Waals surface area contributed by atoms with Gasteiger partial charge in [0.15, 0.2) is 0 Å². The Hall–Kier alpha value is -1.59. The Morgan fingerprint density at radius 2 is 2.19 bits per heavy atom. The zero-order valence-electron chi connectivity index (χ0n) is 12.3. The van der Waals surface area contributed by atoms with E-state index in [1.165, 1.54) is 5.56 Å². The van der Waals surface area contributed by atoms with Crippen LogP contribution in [0.3, 0.4) is 0 Å². The molecule has 2 aliphatic heterocycles. The molecule has 0 aliphatic carbocycles. The van der Waals surface area contributed by atoms with E-state index in [9.17, 15) is 4.79 Å². The van der Waals surface area contributed by atoms with Gasteiger partial charge in [0.2, 0.25) is 5.91 Å². The SMILES string of the molecule is C=CCN1CC2(CCN(Cc3ccoc3)CC2)OCC1=O. The van der Waals surface area contributed by atoms with Gasteiger partial charge in [0, 0.05) is 31.7 Å². The molecule has 0 N–H and O–H groups in total. The number of nitrogens with zero attached hydrogens (tertiary/aromatic N) is 2. The van der Waals surface area contributed by atoms with Crippen molar-refractivity contribution >= 4 is 5.91 Å². The van der Waals surface area contributed by atoms with E-state index < -0.39 is 0 Å². The van der Waals surface area contributed by atoms with Crippen LogP contribution in [-0.4, -0.2) is 54.1 Å². The molecule has 5 nitrogen and oxygen atoms in total. The van der Waals surface area contributed by atoms with Crippen LogP contribution < -0.4 is 0 Å². The normalized spacial score (nSPS) is 22.7. The minimum atomic E-state index is -0.163. The highest BCUT2D eigenvalue weighted by molar-refractivity contribution is 5.78. The lowest BCUT2D eigenvalue weighted by Crippen LogP contribution is -2.58. The quantitative estimate of drug-likeness (QED) is 0.791. The van der Waals surface area contributed by atoms with Gasteiger partial charge in [0.1, 0.15) is 6.61 Å². The lowest BCUT2D eigenvalue weighted by atomic mass is 9.89. The summed E-state index contributed by atoms with van der Waals surface area (Å²) in [4.78, 5) is 16.1. The number of furan rings is 1. The molecule has 5 heteroatoms. The summed E-state index contributed by atoms with van der Waals surface area (Å²) in [5, 5.41) is 0. The number of morpholine rings is 1. The van der Waals surface area contributed by atoms with E-state index in [1.54, 1.807) is 18.6 Å². The van der Waals surface area contributed by atoms with E-state index >= 15 is 0 Å². The number of ether oxygens (including phenoxy) is 1. The van der Waals surface area contributed by atoms with Crippen molar-refractivity contribution in [2.45, 2.75) is 25.0 Å². The number of carbonyl (C=O) groups excluding carboxylic acids is 1. The molecule has 3 heterocycles. The molecular weight excluding hydrogens is 268 g/mol. The van der Waals surface area contributed by atoms with E-state index in [1.807, 2.05) is 11.0 Å². The predicted octanol–water partition coefficient (Wildman–Crippen LogP) is 1.66. The summed E-state index contributed by atoms with van der Waals surface area (Å²) in [6.45, 7) is 8.13. The first kappa shape index (κ1) is 14.4. The van der Waals surface area contributed by atoms with Crippen molar-refractivity contribution < 1.29 is 13.9 Å². The number of likely N-dealkylation sites (tertiary alicyclic amines) is 1. The summed E-state index contributed by atoms with van der Waals surface area (Å²) in [7, 11) is 0. The maximum Gasteiger partial charge on any atom is 0.248 e. The van der Waals surface area contributed by atoms with Gasteiger partial charge < -0.3 is 14.1 Å². The highest BCUT2D eigenvalue weighted by Crippen LogP contribution is 2.31. The molecule has 0 saturated carbocycles. The van der Waals surface area contributed by atoms with Crippen molar-refractivity contribution in [2.24, 2.45) is 0 Å². The summed E-state index contributed by atoms with van der Waals surface area (Å²) in [6.07, 6.45) is 7.22. The van der Waals surface area contributed by atoms with Gasteiger partial charge in [0.25, 0.3) is 0 Å². The van der Waals surface area contributed by atoms with E-state index in [4.69, 9.17) is 9.15 Å². The predicted molar refractivity (Wildman–Crippen MR) is 78.7 cm³/mol. The Labute approximate surface area is 125 Å². The summed E-state index contributed by atoms with van der Waals surface area (Å²) >= 11 is 0. The summed E-state index contributed by atoms with van der Waals surface area (Å²) in [5.41, 5.74) is 1.04. The highest BCUT2D eigenvalue weighted by Gasteiger charge is 2.41. The van der Waals surface area contributed by atoms with Gasteiger partial charge >= 0.3 is 0 Å².